The molecule has 0 aliphatic rings. The van der Waals surface area contributed by atoms with E-state index in [0.29, 0.717) is 11.4 Å². The van der Waals surface area contributed by atoms with Crippen LogP contribution in [0.1, 0.15) is 19.8 Å². The summed E-state index contributed by atoms with van der Waals surface area (Å²) < 4.78 is 1.76. The third kappa shape index (κ3) is 3.65. The van der Waals surface area contributed by atoms with Gasteiger partial charge >= 0.3 is 0 Å². The molecule has 1 rings (SSSR count). The van der Waals surface area contributed by atoms with Crippen molar-refractivity contribution in [2.75, 3.05) is 6.54 Å². The van der Waals surface area contributed by atoms with Gasteiger partial charge in [0, 0.05) is 19.3 Å². The first-order chi connectivity index (χ1) is 6.53. The molecule has 1 aromatic rings. The van der Waals surface area contributed by atoms with Crippen LogP contribution in [-0.2, 0) is 6.54 Å². The second kappa shape index (κ2) is 4.77. The quantitative estimate of drug-likeness (QED) is 0.774. The Morgan fingerprint density at radius 2 is 2.43 bits per heavy atom. The molecule has 1 heterocycles. The lowest BCUT2D eigenvalue weighted by atomic mass is 10.0. The molecule has 3 N–H and O–H groups in total. The van der Waals surface area contributed by atoms with E-state index in [4.69, 9.17) is 17.3 Å². The molecule has 1 unspecified atom stereocenters. The van der Waals surface area contributed by atoms with Gasteiger partial charge < -0.3 is 10.8 Å². The first-order valence-electron chi connectivity index (χ1n) is 4.64. The van der Waals surface area contributed by atoms with Crippen LogP contribution in [0.3, 0.4) is 0 Å². The molecular formula is C9H16ClN3O. The van der Waals surface area contributed by atoms with Gasteiger partial charge in [-0.15, -0.1) is 0 Å². The number of nitrogens with two attached hydrogens (primary N) is 1. The van der Waals surface area contributed by atoms with E-state index in [1.807, 2.05) is 0 Å². The molecular weight excluding hydrogens is 202 g/mol. The van der Waals surface area contributed by atoms with Crippen LogP contribution >= 0.6 is 11.6 Å². The summed E-state index contributed by atoms with van der Waals surface area (Å²) in [7, 11) is 0. The smallest absolute Gasteiger partial charge is 0.0785 e. The van der Waals surface area contributed by atoms with E-state index in [1.54, 1.807) is 24.0 Å². The lowest BCUT2D eigenvalue weighted by Crippen LogP contribution is -2.34. The number of hydrogen-bond donors (Lipinski definition) is 2. The molecule has 0 bridgehead atoms. The average Bonchev–Trinajstić information content (AvgIpc) is 2.51. The van der Waals surface area contributed by atoms with Crippen molar-refractivity contribution in [2.24, 2.45) is 5.73 Å². The molecule has 0 spiro atoms. The first kappa shape index (κ1) is 11.5. The van der Waals surface area contributed by atoms with E-state index in [-0.39, 0.29) is 6.54 Å². The topological polar surface area (TPSA) is 64.1 Å². The summed E-state index contributed by atoms with van der Waals surface area (Å²) >= 11 is 5.70. The number of aryl methyl sites for hydroxylation is 1. The van der Waals surface area contributed by atoms with Crippen LogP contribution in [0.4, 0.5) is 0 Å². The third-order valence-electron chi connectivity index (χ3n) is 2.14. The van der Waals surface area contributed by atoms with E-state index in [2.05, 4.69) is 5.10 Å². The molecule has 0 aliphatic heterocycles. The lowest BCUT2D eigenvalue weighted by Gasteiger charge is -2.20. The molecule has 0 aromatic carbocycles. The number of rotatable bonds is 5. The standard InChI is InChI=1S/C9H16ClN3O/c1-9(14,7-11)3-2-4-13-6-8(10)5-12-13/h5-6,14H,2-4,7,11H2,1H3. The Labute approximate surface area is 88.7 Å². The molecule has 80 valence electrons. The summed E-state index contributed by atoms with van der Waals surface area (Å²) in [6.45, 7) is 2.78. The van der Waals surface area contributed by atoms with E-state index < -0.39 is 5.60 Å². The molecule has 0 aliphatic carbocycles. The molecule has 1 atom stereocenters. The fourth-order valence-electron chi connectivity index (χ4n) is 1.18. The molecule has 0 amide bonds. The highest BCUT2D eigenvalue weighted by Crippen LogP contribution is 2.11. The van der Waals surface area contributed by atoms with Gasteiger partial charge in [-0.05, 0) is 19.8 Å². The molecule has 1 aromatic heterocycles. The second-order valence-corrected chi connectivity index (χ2v) is 4.16. The maximum absolute atomic E-state index is 9.63. The minimum Gasteiger partial charge on any atom is -0.389 e. The van der Waals surface area contributed by atoms with Crippen molar-refractivity contribution >= 4 is 11.6 Å². The zero-order valence-corrected chi connectivity index (χ0v) is 9.04. The highest BCUT2D eigenvalue weighted by atomic mass is 35.5. The summed E-state index contributed by atoms with van der Waals surface area (Å²) in [5, 5.41) is 14.3. The van der Waals surface area contributed by atoms with Gasteiger partial charge in [-0.1, -0.05) is 11.6 Å². The molecule has 4 nitrogen and oxygen atoms in total. The second-order valence-electron chi connectivity index (χ2n) is 3.73. The first-order valence-corrected chi connectivity index (χ1v) is 5.02. The van der Waals surface area contributed by atoms with Crippen molar-refractivity contribution < 1.29 is 5.11 Å². The molecule has 0 saturated heterocycles. The van der Waals surface area contributed by atoms with Crippen LogP contribution in [0.25, 0.3) is 0 Å². The Morgan fingerprint density at radius 3 is 2.93 bits per heavy atom. The molecule has 0 radical (unpaired) electrons. The predicted octanol–water partition coefficient (Wildman–Crippen LogP) is 1.03. The number of nitrogens with zero attached hydrogens (tertiary/aromatic N) is 2. The van der Waals surface area contributed by atoms with Gasteiger partial charge in [0.15, 0.2) is 0 Å². The normalized spacial score (nSPS) is 15.4. The van der Waals surface area contributed by atoms with Gasteiger partial charge in [0.05, 0.1) is 16.8 Å². The highest BCUT2D eigenvalue weighted by molar-refractivity contribution is 6.30. The Hall–Kier alpha value is -0.580. The fourth-order valence-corrected chi connectivity index (χ4v) is 1.34. The monoisotopic (exact) mass is 217 g/mol. The number of hydrogen-bond acceptors (Lipinski definition) is 3. The minimum atomic E-state index is -0.767. The van der Waals surface area contributed by atoms with E-state index >= 15 is 0 Å². The Balaban J connectivity index is 2.28. The third-order valence-corrected chi connectivity index (χ3v) is 2.34. The van der Waals surface area contributed by atoms with Crippen molar-refractivity contribution in [2.45, 2.75) is 31.9 Å². The molecule has 0 saturated carbocycles. The van der Waals surface area contributed by atoms with Crippen LogP contribution in [-0.4, -0.2) is 27.0 Å². The Kier molecular flexibility index (Phi) is 3.92. The van der Waals surface area contributed by atoms with Crippen molar-refractivity contribution in [3.05, 3.63) is 17.4 Å². The van der Waals surface area contributed by atoms with Crippen LogP contribution < -0.4 is 5.73 Å². The van der Waals surface area contributed by atoms with Crippen LogP contribution in [0, 0.1) is 0 Å². The summed E-state index contributed by atoms with van der Waals surface area (Å²) in [5.74, 6) is 0. The highest BCUT2D eigenvalue weighted by Gasteiger charge is 2.16. The van der Waals surface area contributed by atoms with Crippen molar-refractivity contribution in [1.82, 2.24) is 9.78 Å². The van der Waals surface area contributed by atoms with Crippen LogP contribution in [0.2, 0.25) is 5.02 Å². The van der Waals surface area contributed by atoms with Crippen LogP contribution in [0.15, 0.2) is 12.4 Å². The van der Waals surface area contributed by atoms with Crippen LogP contribution in [0.5, 0.6) is 0 Å². The Bertz CT molecular complexity index is 285. The van der Waals surface area contributed by atoms with Gasteiger partial charge in [0.2, 0.25) is 0 Å². The predicted molar refractivity (Wildman–Crippen MR) is 56.1 cm³/mol. The number of aromatic nitrogens is 2. The SMILES string of the molecule is CC(O)(CN)CCCn1cc(Cl)cn1. The zero-order chi connectivity index (χ0) is 10.6. The maximum Gasteiger partial charge on any atom is 0.0785 e. The van der Waals surface area contributed by atoms with Gasteiger partial charge in [0.25, 0.3) is 0 Å². The summed E-state index contributed by atoms with van der Waals surface area (Å²) in [4.78, 5) is 0. The number of halogens is 1. The average molecular weight is 218 g/mol. The van der Waals surface area contributed by atoms with Gasteiger partial charge in [-0.2, -0.15) is 5.10 Å². The molecule has 5 heteroatoms. The van der Waals surface area contributed by atoms with Crippen molar-refractivity contribution in [3.63, 3.8) is 0 Å². The Morgan fingerprint density at radius 1 is 1.71 bits per heavy atom. The largest absolute Gasteiger partial charge is 0.389 e. The van der Waals surface area contributed by atoms with Gasteiger partial charge in [-0.25, -0.2) is 0 Å². The van der Waals surface area contributed by atoms with Gasteiger partial charge in [0.1, 0.15) is 0 Å². The molecule has 0 fully saturated rings. The zero-order valence-electron chi connectivity index (χ0n) is 8.28. The minimum absolute atomic E-state index is 0.285. The summed E-state index contributed by atoms with van der Waals surface area (Å²) in [6.07, 6.45) is 4.87. The lowest BCUT2D eigenvalue weighted by molar-refractivity contribution is 0.0564. The summed E-state index contributed by atoms with van der Waals surface area (Å²) in [6, 6.07) is 0. The van der Waals surface area contributed by atoms with E-state index in [0.717, 1.165) is 13.0 Å². The van der Waals surface area contributed by atoms with Crippen molar-refractivity contribution in [1.29, 1.82) is 0 Å². The maximum atomic E-state index is 9.63. The van der Waals surface area contributed by atoms with Gasteiger partial charge in [-0.3, -0.25) is 4.68 Å². The van der Waals surface area contributed by atoms with E-state index in [9.17, 15) is 5.11 Å². The molecule has 14 heavy (non-hydrogen) atoms. The summed E-state index contributed by atoms with van der Waals surface area (Å²) in [5.41, 5.74) is 4.63. The fraction of sp³-hybridized carbons (Fsp3) is 0.667. The number of aliphatic hydroxyl groups is 1. The van der Waals surface area contributed by atoms with E-state index in [1.165, 1.54) is 0 Å². The van der Waals surface area contributed by atoms with Crippen molar-refractivity contribution in [3.8, 4) is 0 Å².